The molecule has 0 heterocycles. The second kappa shape index (κ2) is 42.8. The van der Waals surface area contributed by atoms with Crippen LogP contribution in [0, 0.1) is 0 Å². The molecule has 0 rings (SSSR count). The molecule has 0 aromatic carbocycles. The minimum atomic E-state index is -3.51. The van der Waals surface area contributed by atoms with E-state index in [1.807, 2.05) is 0 Å². The van der Waals surface area contributed by atoms with Gasteiger partial charge in [-0.1, -0.05) is 51.9 Å². The molecule has 0 aliphatic carbocycles. The molecule has 0 aromatic heterocycles. The van der Waals surface area contributed by atoms with E-state index in [4.69, 9.17) is 5.11 Å². The van der Waals surface area contributed by atoms with E-state index in [0.717, 1.165) is 6.42 Å². The zero-order valence-corrected chi connectivity index (χ0v) is 29.9. The normalized spacial score (nSPS) is 12.9. The smallest absolute Gasteiger partial charge is 0.781 e. The van der Waals surface area contributed by atoms with Crippen LogP contribution in [-0.2, 0) is 26.9 Å². The summed E-state index contributed by atoms with van der Waals surface area (Å²) in [6.07, 6.45) is 10.4. The fourth-order valence-corrected chi connectivity index (χ4v) is 2.47. The van der Waals surface area contributed by atoms with Crippen molar-refractivity contribution >= 4 is 33.0 Å². The minimum Gasteiger partial charge on any atom is -0.781 e. The Morgan fingerprint density at radius 3 is 1.00 bits per heavy atom. The van der Waals surface area contributed by atoms with Gasteiger partial charge in [-0.25, -0.2) is 0 Å². The van der Waals surface area contributed by atoms with Gasteiger partial charge in [0.05, 0.1) is 0 Å². The minimum absolute atomic E-state index is 0. The van der Waals surface area contributed by atoms with E-state index >= 15 is 0 Å². The zero-order valence-electron chi connectivity index (χ0n) is 17.9. The van der Waals surface area contributed by atoms with Crippen LogP contribution >= 0.6 is 33.0 Å². The summed E-state index contributed by atoms with van der Waals surface area (Å²) < 4.78 is 43.6. The molecule has 0 saturated carbocycles. The molecule has 0 aromatic rings. The first-order valence-electron chi connectivity index (χ1n) is 7.47. The van der Waals surface area contributed by atoms with Crippen molar-refractivity contribution in [1.82, 2.24) is 0 Å². The Morgan fingerprint density at radius 1 is 0.586 bits per heavy atom. The van der Waals surface area contributed by atoms with E-state index < -0.39 is 33.0 Å². The number of hydrogen-bond acceptors (Lipinski definition) is 11. The summed E-state index contributed by atoms with van der Waals surface area (Å²) >= 11 is 0. The van der Waals surface area contributed by atoms with Crippen LogP contribution in [0.25, 0.3) is 0 Å². The van der Waals surface area contributed by atoms with Crippen molar-refractivity contribution in [2.24, 2.45) is 0 Å². The maximum atomic E-state index is 9.29. The maximum Gasteiger partial charge on any atom is 1.00 e. The van der Waals surface area contributed by atoms with Crippen LogP contribution in [0.5, 0.6) is 0 Å². The topological polar surface area (TPSA) is 199 Å². The first kappa shape index (κ1) is 50.5. The van der Waals surface area contributed by atoms with Crippen LogP contribution in [0.3, 0.4) is 0 Å². The van der Waals surface area contributed by atoms with E-state index in [-0.39, 0.29) is 118 Å². The van der Waals surface area contributed by atoms with Crippen LogP contribution < -0.4 is 138 Å². The molecule has 1 N–H and O–H groups in total. The second-order valence-electron chi connectivity index (χ2n) is 4.40. The average Bonchev–Trinajstić information content (AvgIpc) is 2.45. The zero-order chi connectivity index (χ0) is 20.1. The Morgan fingerprint density at radius 2 is 0.828 bits per heavy atom. The van der Waals surface area contributed by atoms with Crippen molar-refractivity contribution in [3.63, 3.8) is 0 Å². The maximum absolute atomic E-state index is 9.29. The van der Waals surface area contributed by atoms with E-state index in [9.17, 15) is 37.8 Å². The number of rotatable bonds is 12. The molecule has 19 heteroatoms. The summed E-state index contributed by atoms with van der Waals surface area (Å²) in [7, 11) is -14.1. The molecule has 4 atom stereocenters. The summed E-state index contributed by atoms with van der Waals surface area (Å²) in [4.78, 5) is 37.1. The van der Waals surface area contributed by atoms with Crippen LogP contribution in [0.4, 0.5) is 0 Å². The number of hydrogen-bond donors (Lipinski definition) is 1. The van der Waals surface area contributed by atoms with Crippen molar-refractivity contribution in [3.8, 4) is 0 Å². The van der Waals surface area contributed by atoms with Gasteiger partial charge in [-0.3, -0.25) is 8.62 Å². The Bertz CT molecular complexity index is 339. The third-order valence-corrected chi connectivity index (χ3v) is 5.01. The Kier molecular flexibility index (Phi) is 74.5. The summed E-state index contributed by atoms with van der Waals surface area (Å²) in [6, 6.07) is 0. The first-order valence-corrected chi connectivity index (χ1v) is 12.4. The number of aliphatic hydroxyl groups excluding tert-OH is 1. The van der Waals surface area contributed by atoms with Gasteiger partial charge in [0.1, 0.15) is 33.0 Å². The van der Waals surface area contributed by atoms with Gasteiger partial charge in [-0.15, -0.1) is 0 Å². The molecule has 0 spiro atoms. The van der Waals surface area contributed by atoms with Crippen molar-refractivity contribution in [2.45, 2.75) is 58.3 Å². The second-order valence-corrected chi connectivity index (χ2v) is 8.04. The van der Waals surface area contributed by atoms with Gasteiger partial charge in [0.2, 0.25) is 0 Å². The van der Waals surface area contributed by atoms with Crippen molar-refractivity contribution in [1.29, 1.82) is 0 Å². The van der Waals surface area contributed by atoms with Gasteiger partial charge in [0.15, 0.2) is 0 Å². The Balaban J connectivity index is -0.0000000484. The molecule has 0 radical (unpaired) electrons. The van der Waals surface area contributed by atoms with Gasteiger partial charge in [-0.2, -0.15) is 0 Å². The molecule has 11 nitrogen and oxygen atoms in total. The average molecular weight is 538 g/mol. The number of aliphatic hydroxyl groups is 1. The van der Waals surface area contributed by atoms with E-state index in [2.05, 4.69) is 15.5 Å². The predicted molar refractivity (Wildman–Crippen MR) is 87.9 cm³/mol. The third-order valence-electron chi connectivity index (χ3n) is 2.35. The quantitative estimate of drug-likeness (QED) is 0.141. The summed E-state index contributed by atoms with van der Waals surface area (Å²) in [5.41, 5.74) is 0. The first-order chi connectivity index (χ1) is 11.7. The molecule has 29 heavy (non-hydrogen) atoms. The van der Waals surface area contributed by atoms with Crippen LogP contribution in [0.1, 0.15) is 58.3 Å². The molecule has 0 aliphatic heterocycles. The molecule has 0 aliphatic rings. The summed E-state index contributed by atoms with van der Waals surface area (Å²) in [5, 5.41) is 8.51. The fraction of sp³-hybridized carbons (Fsp3) is 1.00. The van der Waals surface area contributed by atoms with Crippen LogP contribution in [0.15, 0.2) is 0 Å². The van der Waals surface area contributed by atoms with Gasteiger partial charge in [0, 0.05) is 6.61 Å². The van der Waals surface area contributed by atoms with Crippen molar-refractivity contribution in [2.75, 3.05) is 6.61 Å². The predicted octanol–water partition coefficient (Wildman–Crippen LogP) is -11.9. The van der Waals surface area contributed by atoms with Crippen LogP contribution in [-0.4, -0.2) is 11.7 Å². The molecule has 0 fully saturated rings. The molecule has 4 unspecified atom stereocenters. The van der Waals surface area contributed by atoms with Gasteiger partial charge in [0.25, 0.3) is 0 Å². The van der Waals surface area contributed by atoms with Crippen molar-refractivity contribution in [3.05, 3.63) is 0 Å². The Labute approximate surface area is 263 Å². The van der Waals surface area contributed by atoms with Gasteiger partial charge >= 0.3 is 118 Å². The Hall–Kier alpha value is 4.64. The summed E-state index contributed by atoms with van der Waals surface area (Å²) in [5.74, 6) is 0. The van der Waals surface area contributed by atoms with E-state index in [1.165, 1.54) is 44.9 Å². The van der Waals surface area contributed by atoms with E-state index in [0.29, 0.717) is 6.61 Å². The fourth-order valence-electron chi connectivity index (χ4n) is 1.38. The summed E-state index contributed by atoms with van der Waals surface area (Å²) in [6.45, 7) is 2.61. The van der Waals surface area contributed by atoms with E-state index in [1.54, 1.807) is 0 Å². The molecule has 0 saturated heterocycles. The number of unbranched alkanes of at least 4 members (excludes halogenated alkanes) is 7. The monoisotopic (exact) mass is 538 g/mol. The molecule has 0 bridgehead atoms. The molecular formula is C10H26Na4O11P4. The van der Waals surface area contributed by atoms with Crippen molar-refractivity contribution < 1.29 is 170 Å². The van der Waals surface area contributed by atoms with Gasteiger partial charge < -0.3 is 42.9 Å². The SMILES string of the molecule is CCCCCCCCCCO.O=[PH]([O-])O[PH](=O)[O-].O=[PH]([O-])O[PH](=O)[O-].[Na+].[Na+].[Na+].[Na+]. The van der Waals surface area contributed by atoms with Crippen LogP contribution in [0.2, 0.25) is 0 Å². The largest absolute Gasteiger partial charge is 1.00 e. The standard InChI is InChI=1S/C10H22O.4Na.2H4O5P2/c1-2-3-4-5-6-7-8-9-10-11;;;;;2*1-6(2)5-7(3)4/h11H,2-10H2,1H3;;;;;2*6-7H,(H,1,2)(H,3,4)/q;4*+1;;/p-4. The molecule has 156 valence electrons. The molecular weight excluding hydrogens is 512 g/mol. The molecule has 0 amide bonds. The third kappa shape index (κ3) is 71.9. The van der Waals surface area contributed by atoms with Gasteiger partial charge in [-0.05, 0) is 6.42 Å².